The van der Waals surface area contributed by atoms with Crippen LogP contribution in [0.25, 0.3) is 0 Å². The fourth-order valence-corrected chi connectivity index (χ4v) is 3.95. The van der Waals surface area contributed by atoms with Gasteiger partial charge in [0.2, 0.25) is 0 Å². The molecule has 0 amide bonds. The highest BCUT2D eigenvalue weighted by molar-refractivity contribution is 5.77. The maximum Gasteiger partial charge on any atom is 0.189 e. The third-order valence-corrected chi connectivity index (χ3v) is 5.59. The van der Waals surface area contributed by atoms with Gasteiger partial charge in [-0.2, -0.15) is 0 Å². The Labute approximate surface area is 180 Å². The van der Waals surface area contributed by atoms with Crippen molar-refractivity contribution in [2.75, 3.05) is 27.3 Å². The van der Waals surface area contributed by atoms with E-state index in [1.165, 1.54) is 37.1 Å². The minimum Gasteiger partial charge on any atom is -0.493 e. The number of likely N-dealkylation sites (tertiary alicyclic amines) is 1. The summed E-state index contributed by atoms with van der Waals surface area (Å²) in [6.45, 7) is 6.84. The van der Waals surface area contributed by atoms with Crippen molar-refractivity contribution in [2.24, 2.45) is 16.6 Å². The number of aliphatic imine (C=N–C) groups is 1. The first-order valence-electron chi connectivity index (χ1n) is 10.6. The van der Waals surface area contributed by atoms with Crippen molar-refractivity contribution in [1.82, 2.24) is 10.2 Å². The average Bonchev–Trinajstić information content (AvgIpc) is 2.77. The molecule has 1 heterocycles. The number of piperidine rings is 1. The Balaban J connectivity index is 1.57. The summed E-state index contributed by atoms with van der Waals surface area (Å²) in [6, 6.07) is 14.3. The lowest BCUT2D eigenvalue weighted by Gasteiger charge is -2.31. The number of methoxy groups -OCH3 is 2. The van der Waals surface area contributed by atoms with Crippen LogP contribution >= 0.6 is 0 Å². The van der Waals surface area contributed by atoms with Crippen LogP contribution in [-0.4, -0.2) is 38.2 Å². The van der Waals surface area contributed by atoms with Crippen molar-refractivity contribution in [1.29, 1.82) is 0 Å². The molecule has 0 aliphatic carbocycles. The fourth-order valence-electron chi connectivity index (χ4n) is 3.95. The Morgan fingerprint density at radius 2 is 1.90 bits per heavy atom. The lowest BCUT2D eigenvalue weighted by molar-refractivity contribution is 0.176. The minimum atomic E-state index is 0.436. The van der Waals surface area contributed by atoms with Gasteiger partial charge in [0, 0.05) is 19.6 Å². The van der Waals surface area contributed by atoms with Crippen LogP contribution in [0.15, 0.2) is 47.5 Å². The standard InChI is InChI=1S/C24H34N4O2/c1-18-7-6-12-28(16-18)17-21-9-5-4-8-20(21)15-27-24(25)26-14-19-10-11-22(29-2)23(13-19)30-3/h4-5,8-11,13,18H,6-7,12,14-17H2,1-3H3,(H3,25,26,27). The van der Waals surface area contributed by atoms with Gasteiger partial charge >= 0.3 is 0 Å². The predicted octanol–water partition coefficient (Wildman–Crippen LogP) is 3.54. The van der Waals surface area contributed by atoms with Crippen molar-refractivity contribution in [3.63, 3.8) is 0 Å². The van der Waals surface area contributed by atoms with Gasteiger partial charge in [0.15, 0.2) is 17.5 Å². The van der Waals surface area contributed by atoms with Gasteiger partial charge in [-0.3, -0.25) is 4.90 Å². The van der Waals surface area contributed by atoms with E-state index in [1.807, 2.05) is 18.2 Å². The quantitative estimate of drug-likeness (QED) is 0.514. The molecule has 162 valence electrons. The van der Waals surface area contributed by atoms with Crippen LogP contribution < -0.4 is 20.5 Å². The van der Waals surface area contributed by atoms with E-state index in [2.05, 4.69) is 46.4 Å². The molecule has 0 radical (unpaired) electrons. The molecule has 1 atom stereocenters. The van der Waals surface area contributed by atoms with Gasteiger partial charge in [0.05, 0.1) is 20.8 Å². The van der Waals surface area contributed by atoms with Gasteiger partial charge in [-0.05, 0) is 54.1 Å². The van der Waals surface area contributed by atoms with Gasteiger partial charge in [0.1, 0.15) is 0 Å². The van der Waals surface area contributed by atoms with Crippen molar-refractivity contribution >= 4 is 5.96 Å². The Morgan fingerprint density at radius 3 is 2.63 bits per heavy atom. The first kappa shape index (κ1) is 22.0. The van der Waals surface area contributed by atoms with E-state index in [-0.39, 0.29) is 0 Å². The largest absolute Gasteiger partial charge is 0.493 e. The van der Waals surface area contributed by atoms with Gasteiger partial charge in [-0.15, -0.1) is 0 Å². The summed E-state index contributed by atoms with van der Waals surface area (Å²) in [7, 11) is 3.25. The van der Waals surface area contributed by atoms with Crippen LogP contribution in [0.1, 0.15) is 36.5 Å². The van der Waals surface area contributed by atoms with Gasteiger partial charge < -0.3 is 20.5 Å². The van der Waals surface area contributed by atoms with E-state index < -0.39 is 0 Å². The molecular formula is C24H34N4O2. The minimum absolute atomic E-state index is 0.436. The first-order valence-corrected chi connectivity index (χ1v) is 10.6. The normalized spacial score (nSPS) is 17.6. The van der Waals surface area contributed by atoms with Crippen LogP contribution in [0.3, 0.4) is 0 Å². The summed E-state index contributed by atoms with van der Waals surface area (Å²) >= 11 is 0. The van der Waals surface area contributed by atoms with Gasteiger partial charge in [-0.1, -0.05) is 37.3 Å². The second kappa shape index (κ2) is 10.9. The van der Waals surface area contributed by atoms with Crippen molar-refractivity contribution in [3.05, 3.63) is 59.2 Å². The van der Waals surface area contributed by atoms with Gasteiger partial charge in [-0.25, -0.2) is 4.99 Å². The molecule has 0 saturated carbocycles. The number of nitrogens with zero attached hydrogens (tertiary/aromatic N) is 2. The second-order valence-corrected chi connectivity index (χ2v) is 8.00. The van der Waals surface area contributed by atoms with Crippen LogP contribution in [0.2, 0.25) is 0 Å². The van der Waals surface area contributed by atoms with E-state index in [0.29, 0.717) is 30.5 Å². The molecular weight excluding hydrogens is 376 g/mol. The van der Waals surface area contributed by atoms with E-state index in [1.54, 1.807) is 14.2 Å². The first-order chi connectivity index (χ1) is 14.6. The highest BCUT2D eigenvalue weighted by Gasteiger charge is 2.17. The van der Waals surface area contributed by atoms with Crippen LogP contribution in [0.4, 0.5) is 0 Å². The van der Waals surface area contributed by atoms with Crippen molar-refractivity contribution < 1.29 is 9.47 Å². The monoisotopic (exact) mass is 410 g/mol. The second-order valence-electron chi connectivity index (χ2n) is 8.00. The zero-order chi connectivity index (χ0) is 21.3. The fraction of sp³-hybridized carbons (Fsp3) is 0.458. The van der Waals surface area contributed by atoms with Crippen LogP contribution in [0, 0.1) is 5.92 Å². The summed E-state index contributed by atoms with van der Waals surface area (Å²) in [5.41, 5.74) is 9.75. The number of hydrogen-bond donors (Lipinski definition) is 2. The van der Waals surface area contributed by atoms with Crippen molar-refractivity contribution in [2.45, 2.75) is 39.4 Å². The molecule has 6 nitrogen and oxygen atoms in total. The molecule has 1 fully saturated rings. The maximum atomic E-state index is 6.12. The number of benzene rings is 2. The third kappa shape index (κ3) is 6.13. The number of hydrogen-bond acceptors (Lipinski definition) is 4. The number of nitrogens with two attached hydrogens (primary N) is 1. The molecule has 6 heteroatoms. The highest BCUT2D eigenvalue weighted by atomic mass is 16.5. The molecule has 1 saturated heterocycles. The number of rotatable bonds is 8. The zero-order valence-corrected chi connectivity index (χ0v) is 18.4. The highest BCUT2D eigenvalue weighted by Crippen LogP contribution is 2.27. The molecule has 2 aromatic rings. The Bertz CT molecular complexity index is 853. The third-order valence-electron chi connectivity index (χ3n) is 5.59. The lowest BCUT2D eigenvalue weighted by Crippen LogP contribution is -2.35. The molecule has 1 aliphatic heterocycles. The average molecular weight is 411 g/mol. The summed E-state index contributed by atoms with van der Waals surface area (Å²) in [4.78, 5) is 7.03. The summed E-state index contributed by atoms with van der Waals surface area (Å²) in [5, 5.41) is 3.26. The maximum absolute atomic E-state index is 6.12. The lowest BCUT2D eigenvalue weighted by atomic mass is 9.99. The Kier molecular flexibility index (Phi) is 7.97. The predicted molar refractivity (Wildman–Crippen MR) is 122 cm³/mol. The Hall–Kier alpha value is -2.73. The van der Waals surface area contributed by atoms with E-state index >= 15 is 0 Å². The molecule has 30 heavy (non-hydrogen) atoms. The van der Waals surface area contributed by atoms with E-state index in [0.717, 1.165) is 18.0 Å². The molecule has 0 bridgehead atoms. The van der Waals surface area contributed by atoms with E-state index in [4.69, 9.17) is 15.2 Å². The summed E-state index contributed by atoms with van der Waals surface area (Å²) in [5.74, 6) is 2.61. The number of nitrogens with one attached hydrogen (secondary N) is 1. The molecule has 1 aliphatic rings. The van der Waals surface area contributed by atoms with E-state index in [9.17, 15) is 0 Å². The topological polar surface area (TPSA) is 72.1 Å². The summed E-state index contributed by atoms with van der Waals surface area (Å²) < 4.78 is 10.6. The Morgan fingerprint density at radius 1 is 1.13 bits per heavy atom. The van der Waals surface area contributed by atoms with Gasteiger partial charge in [0.25, 0.3) is 0 Å². The SMILES string of the molecule is COc1ccc(CN=C(N)NCc2ccccc2CN2CCCC(C)C2)cc1OC. The smallest absolute Gasteiger partial charge is 0.189 e. The number of guanidine groups is 1. The number of ether oxygens (including phenoxy) is 2. The molecule has 3 N–H and O–H groups in total. The molecule has 3 rings (SSSR count). The van der Waals surface area contributed by atoms with Crippen molar-refractivity contribution in [3.8, 4) is 11.5 Å². The van der Waals surface area contributed by atoms with Crippen LogP contribution in [0.5, 0.6) is 11.5 Å². The van der Waals surface area contributed by atoms with Crippen LogP contribution in [-0.2, 0) is 19.6 Å². The molecule has 0 aromatic heterocycles. The molecule has 2 aromatic carbocycles. The summed E-state index contributed by atoms with van der Waals surface area (Å²) in [6.07, 6.45) is 2.63. The zero-order valence-electron chi connectivity index (χ0n) is 18.4. The molecule has 0 spiro atoms. The molecule has 1 unspecified atom stereocenters.